The van der Waals surface area contributed by atoms with Crippen LogP contribution in [0, 0.1) is 26.2 Å². The zero-order valence-electron chi connectivity index (χ0n) is 10.4. The van der Waals surface area contributed by atoms with Crippen molar-refractivity contribution in [2.45, 2.75) is 20.3 Å². The molecule has 0 nitrogen and oxygen atoms in total. The highest BCUT2D eigenvalue weighted by atomic mass is 14.1. The van der Waals surface area contributed by atoms with Crippen LogP contribution in [0.3, 0.4) is 0 Å². The van der Waals surface area contributed by atoms with Gasteiger partial charge >= 0.3 is 0 Å². The SMILES string of the molecule is C#CCC(=C)c1c(C)c(C)cc2ccccc12. The van der Waals surface area contributed by atoms with E-state index in [1.54, 1.807) is 0 Å². The Balaban J connectivity index is 2.79. The standard InChI is InChI=1S/C17H16/c1-5-8-12(2)17-14(4)13(3)11-15-9-6-7-10-16(15)17/h1,6-7,9-11H,2,8H2,3-4H3. The van der Waals surface area contributed by atoms with Crippen LogP contribution >= 0.6 is 0 Å². The van der Waals surface area contributed by atoms with E-state index in [-0.39, 0.29) is 0 Å². The minimum absolute atomic E-state index is 0.605. The molecule has 0 aliphatic heterocycles. The van der Waals surface area contributed by atoms with E-state index in [1.165, 1.54) is 27.5 Å². The number of terminal acetylenes is 1. The Kier molecular flexibility index (Phi) is 3.02. The first-order chi connectivity index (χ1) is 8.15. The number of aryl methyl sites for hydroxylation is 1. The average molecular weight is 220 g/mol. The van der Waals surface area contributed by atoms with E-state index in [2.05, 4.69) is 56.7 Å². The van der Waals surface area contributed by atoms with E-state index in [0.717, 1.165) is 5.57 Å². The highest BCUT2D eigenvalue weighted by molar-refractivity contribution is 5.95. The summed E-state index contributed by atoms with van der Waals surface area (Å²) in [6.07, 6.45) is 5.99. The van der Waals surface area contributed by atoms with E-state index in [4.69, 9.17) is 6.42 Å². The van der Waals surface area contributed by atoms with Gasteiger partial charge in [0.1, 0.15) is 0 Å². The van der Waals surface area contributed by atoms with Gasteiger partial charge in [0.2, 0.25) is 0 Å². The molecule has 17 heavy (non-hydrogen) atoms. The van der Waals surface area contributed by atoms with Crippen molar-refractivity contribution in [2.75, 3.05) is 0 Å². The van der Waals surface area contributed by atoms with Crippen LogP contribution in [-0.2, 0) is 0 Å². The van der Waals surface area contributed by atoms with Gasteiger partial charge in [0.25, 0.3) is 0 Å². The average Bonchev–Trinajstić information content (AvgIpc) is 2.31. The molecule has 2 rings (SSSR count). The molecule has 0 fully saturated rings. The monoisotopic (exact) mass is 220 g/mol. The first-order valence-corrected chi connectivity index (χ1v) is 5.75. The van der Waals surface area contributed by atoms with E-state index < -0.39 is 0 Å². The molecule has 0 aliphatic carbocycles. The van der Waals surface area contributed by atoms with Gasteiger partial charge in [-0.2, -0.15) is 0 Å². The van der Waals surface area contributed by atoms with E-state index in [0.29, 0.717) is 6.42 Å². The molecule has 0 N–H and O–H groups in total. The van der Waals surface area contributed by atoms with Crippen LogP contribution in [0.25, 0.3) is 16.3 Å². The number of hydrogen-bond acceptors (Lipinski definition) is 0. The molecule has 0 heterocycles. The van der Waals surface area contributed by atoms with Gasteiger partial charge in [-0.05, 0) is 46.9 Å². The fourth-order valence-corrected chi connectivity index (χ4v) is 2.26. The summed E-state index contributed by atoms with van der Waals surface area (Å²) in [7, 11) is 0. The lowest BCUT2D eigenvalue weighted by Gasteiger charge is -2.14. The molecule has 0 unspecified atom stereocenters. The zero-order valence-corrected chi connectivity index (χ0v) is 10.4. The van der Waals surface area contributed by atoms with Gasteiger partial charge in [0, 0.05) is 6.42 Å². The first-order valence-electron chi connectivity index (χ1n) is 5.75. The molecule has 2 aromatic carbocycles. The Hall–Kier alpha value is -2.00. The van der Waals surface area contributed by atoms with Crippen molar-refractivity contribution in [1.82, 2.24) is 0 Å². The molecule has 0 atom stereocenters. The molecule has 84 valence electrons. The topological polar surface area (TPSA) is 0 Å². The molecular weight excluding hydrogens is 204 g/mol. The second-order valence-corrected chi connectivity index (χ2v) is 4.40. The quantitative estimate of drug-likeness (QED) is 0.654. The van der Waals surface area contributed by atoms with Crippen molar-refractivity contribution >= 4 is 16.3 Å². The summed E-state index contributed by atoms with van der Waals surface area (Å²) in [4.78, 5) is 0. The van der Waals surface area contributed by atoms with Crippen molar-refractivity contribution in [3.8, 4) is 12.3 Å². The van der Waals surface area contributed by atoms with Crippen molar-refractivity contribution in [3.63, 3.8) is 0 Å². The Bertz CT molecular complexity index is 624. The maximum Gasteiger partial charge on any atom is 0.0338 e. The van der Waals surface area contributed by atoms with Gasteiger partial charge in [0.15, 0.2) is 0 Å². The van der Waals surface area contributed by atoms with Crippen LogP contribution in [0.2, 0.25) is 0 Å². The Morgan fingerprint density at radius 1 is 1.29 bits per heavy atom. The van der Waals surface area contributed by atoms with Gasteiger partial charge in [-0.15, -0.1) is 12.3 Å². The van der Waals surface area contributed by atoms with Gasteiger partial charge < -0.3 is 0 Å². The Morgan fingerprint density at radius 3 is 2.71 bits per heavy atom. The lowest BCUT2D eigenvalue weighted by molar-refractivity contribution is 1.32. The van der Waals surface area contributed by atoms with Crippen LogP contribution in [0.5, 0.6) is 0 Å². The highest BCUT2D eigenvalue weighted by Gasteiger charge is 2.09. The first kappa shape index (κ1) is 11.5. The summed E-state index contributed by atoms with van der Waals surface area (Å²) in [5.41, 5.74) is 4.82. The van der Waals surface area contributed by atoms with Crippen molar-refractivity contribution in [3.05, 3.63) is 53.6 Å². The summed E-state index contributed by atoms with van der Waals surface area (Å²) in [5.74, 6) is 2.68. The predicted molar refractivity (Wildman–Crippen MR) is 75.9 cm³/mol. The zero-order chi connectivity index (χ0) is 12.4. The van der Waals surface area contributed by atoms with Crippen molar-refractivity contribution in [2.24, 2.45) is 0 Å². The van der Waals surface area contributed by atoms with Crippen LogP contribution in [-0.4, -0.2) is 0 Å². The fourth-order valence-electron chi connectivity index (χ4n) is 2.26. The highest BCUT2D eigenvalue weighted by Crippen LogP contribution is 2.31. The predicted octanol–water partition coefficient (Wildman–Crippen LogP) is 4.49. The van der Waals surface area contributed by atoms with Crippen molar-refractivity contribution < 1.29 is 0 Å². The molecule has 0 spiro atoms. The Labute approximate surface area is 103 Å². The number of hydrogen-bond donors (Lipinski definition) is 0. The molecular formula is C17H16. The van der Waals surface area contributed by atoms with Crippen LogP contribution < -0.4 is 0 Å². The third kappa shape index (κ3) is 1.97. The second kappa shape index (κ2) is 4.47. The van der Waals surface area contributed by atoms with Gasteiger partial charge in [-0.25, -0.2) is 0 Å². The molecule has 2 aromatic rings. The maximum atomic E-state index is 5.39. The molecule has 0 aliphatic rings. The molecule has 0 bridgehead atoms. The normalized spacial score (nSPS) is 10.2. The largest absolute Gasteiger partial charge is 0.120 e. The number of allylic oxidation sites excluding steroid dienone is 1. The summed E-state index contributed by atoms with van der Waals surface area (Å²) in [6, 6.07) is 10.6. The summed E-state index contributed by atoms with van der Waals surface area (Å²) in [6.45, 7) is 8.40. The molecule has 0 aromatic heterocycles. The minimum Gasteiger partial charge on any atom is -0.120 e. The number of fused-ring (bicyclic) bond motifs is 1. The number of benzene rings is 2. The van der Waals surface area contributed by atoms with Gasteiger partial charge in [0.05, 0.1) is 0 Å². The third-order valence-corrected chi connectivity index (χ3v) is 3.24. The smallest absolute Gasteiger partial charge is 0.0338 e. The molecule has 0 amide bonds. The minimum atomic E-state index is 0.605. The molecule has 0 heteroatoms. The summed E-state index contributed by atoms with van der Waals surface area (Å²) >= 11 is 0. The van der Waals surface area contributed by atoms with E-state index >= 15 is 0 Å². The van der Waals surface area contributed by atoms with Crippen LogP contribution in [0.4, 0.5) is 0 Å². The lowest BCUT2D eigenvalue weighted by Crippen LogP contribution is -1.93. The van der Waals surface area contributed by atoms with E-state index in [1.807, 2.05) is 0 Å². The third-order valence-electron chi connectivity index (χ3n) is 3.24. The Morgan fingerprint density at radius 2 is 2.00 bits per heavy atom. The van der Waals surface area contributed by atoms with E-state index in [9.17, 15) is 0 Å². The summed E-state index contributed by atoms with van der Waals surface area (Å²) < 4.78 is 0. The molecule has 0 saturated heterocycles. The van der Waals surface area contributed by atoms with Crippen LogP contribution in [0.15, 0.2) is 36.9 Å². The van der Waals surface area contributed by atoms with Crippen LogP contribution in [0.1, 0.15) is 23.1 Å². The molecule has 0 saturated carbocycles. The van der Waals surface area contributed by atoms with Gasteiger partial charge in [-0.1, -0.05) is 36.9 Å². The molecule has 0 radical (unpaired) electrons. The fraction of sp³-hybridized carbons (Fsp3) is 0.176. The summed E-state index contributed by atoms with van der Waals surface area (Å²) in [5, 5.41) is 2.50. The maximum absolute atomic E-state index is 5.39. The lowest BCUT2D eigenvalue weighted by atomic mass is 9.90. The van der Waals surface area contributed by atoms with Crippen molar-refractivity contribution in [1.29, 1.82) is 0 Å². The van der Waals surface area contributed by atoms with Gasteiger partial charge in [-0.3, -0.25) is 0 Å². The second-order valence-electron chi connectivity index (χ2n) is 4.40. The number of rotatable bonds is 2.